The van der Waals surface area contributed by atoms with E-state index < -0.39 is 0 Å². The van der Waals surface area contributed by atoms with Crippen LogP contribution >= 0.6 is 69.6 Å². The van der Waals surface area contributed by atoms with Crippen molar-refractivity contribution in [2.75, 3.05) is 11.5 Å². The molecular formula is C10H4Cl6N2. The summed E-state index contributed by atoms with van der Waals surface area (Å²) in [5.41, 5.74) is 11.9. The van der Waals surface area contributed by atoms with E-state index in [4.69, 9.17) is 81.1 Å². The van der Waals surface area contributed by atoms with Crippen molar-refractivity contribution < 1.29 is 0 Å². The molecule has 8 heteroatoms. The van der Waals surface area contributed by atoms with Crippen molar-refractivity contribution in [2.24, 2.45) is 0 Å². The zero-order valence-electron chi connectivity index (χ0n) is 8.42. The van der Waals surface area contributed by atoms with E-state index in [1.807, 2.05) is 0 Å². The smallest absolute Gasteiger partial charge is 0.0844 e. The molecule has 0 unspecified atom stereocenters. The van der Waals surface area contributed by atoms with Gasteiger partial charge >= 0.3 is 0 Å². The van der Waals surface area contributed by atoms with E-state index in [2.05, 4.69) is 0 Å². The van der Waals surface area contributed by atoms with Crippen molar-refractivity contribution in [3.05, 3.63) is 30.1 Å². The van der Waals surface area contributed by atoms with E-state index in [1.165, 1.54) is 0 Å². The monoisotopic (exact) mass is 362 g/mol. The van der Waals surface area contributed by atoms with E-state index in [9.17, 15) is 0 Å². The third-order valence-electron chi connectivity index (χ3n) is 2.47. The van der Waals surface area contributed by atoms with Gasteiger partial charge in [-0.1, -0.05) is 69.6 Å². The minimum Gasteiger partial charge on any atom is -0.397 e. The number of rotatable bonds is 0. The van der Waals surface area contributed by atoms with Crippen LogP contribution in [-0.2, 0) is 0 Å². The van der Waals surface area contributed by atoms with Crippen LogP contribution in [0.5, 0.6) is 0 Å². The Morgan fingerprint density at radius 1 is 0.444 bits per heavy atom. The largest absolute Gasteiger partial charge is 0.397 e. The number of nitrogen functional groups attached to an aromatic ring is 2. The summed E-state index contributed by atoms with van der Waals surface area (Å²) < 4.78 is 0. The number of halogens is 6. The predicted molar refractivity (Wildman–Crippen MR) is 82.8 cm³/mol. The van der Waals surface area contributed by atoms with Gasteiger partial charge in [0.25, 0.3) is 0 Å². The minimum atomic E-state index is 0.0853. The molecule has 0 aromatic heterocycles. The van der Waals surface area contributed by atoms with Crippen LogP contribution in [0.3, 0.4) is 0 Å². The van der Waals surface area contributed by atoms with Crippen molar-refractivity contribution in [3.63, 3.8) is 0 Å². The zero-order chi connectivity index (χ0) is 13.8. The lowest BCUT2D eigenvalue weighted by Crippen LogP contribution is -1.97. The summed E-state index contributed by atoms with van der Waals surface area (Å²) in [6.07, 6.45) is 0. The van der Waals surface area contributed by atoms with Gasteiger partial charge < -0.3 is 11.5 Å². The Bertz CT molecular complexity index is 569. The van der Waals surface area contributed by atoms with Gasteiger partial charge in [0, 0.05) is 10.8 Å². The third-order valence-corrected chi connectivity index (χ3v) is 5.07. The summed E-state index contributed by atoms with van der Waals surface area (Å²) in [4.78, 5) is 0. The molecule has 2 nitrogen and oxygen atoms in total. The van der Waals surface area contributed by atoms with Crippen LogP contribution in [-0.4, -0.2) is 0 Å². The quantitative estimate of drug-likeness (QED) is 0.346. The molecular weight excluding hydrogens is 361 g/mol. The highest BCUT2D eigenvalue weighted by Crippen LogP contribution is 2.51. The highest BCUT2D eigenvalue weighted by atomic mass is 35.5. The summed E-state index contributed by atoms with van der Waals surface area (Å²) >= 11 is 36.2. The standard InChI is InChI=1S/C10H4Cl6N2/c11-3-1-2(9(17)8(16)6(3)14)5(13)10(18)7(15)4(1)12/h17-18H2. The van der Waals surface area contributed by atoms with Gasteiger partial charge in [0.05, 0.1) is 41.5 Å². The molecule has 0 aliphatic rings. The minimum absolute atomic E-state index is 0.0853. The first-order valence-corrected chi connectivity index (χ1v) is 6.73. The van der Waals surface area contributed by atoms with Crippen LogP contribution in [0.1, 0.15) is 0 Å². The molecule has 18 heavy (non-hydrogen) atoms. The fraction of sp³-hybridized carbons (Fsp3) is 0. The molecule has 0 amide bonds. The highest BCUT2D eigenvalue weighted by Gasteiger charge is 2.22. The van der Waals surface area contributed by atoms with Gasteiger partial charge in [-0.2, -0.15) is 0 Å². The van der Waals surface area contributed by atoms with E-state index >= 15 is 0 Å². The van der Waals surface area contributed by atoms with Crippen LogP contribution in [0, 0.1) is 0 Å². The molecule has 4 N–H and O–H groups in total. The van der Waals surface area contributed by atoms with Gasteiger partial charge in [0.1, 0.15) is 0 Å². The fourth-order valence-electron chi connectivity index (χ4n) is 1.57. The zero-order valence-corrected chi connectivity index (χ0v) is 13.0. The number of hydrogen-bond acceptors (Lipinski definition) is 2. The Morgan fingerprint density at radius 3 is 1.44 bits per heavy atom. The van der Waals surface area contributed by atoms with Crippen molar-refractivity contribution in [1.82, 2.24) is 0 Å². The molecule has 2 aromatic carbocycles. The van der Waals surface area contributed by atoms with E-state index in [1.54, 1.807) is 0 Å². The van der Waals surface area contributed by atoms with Gasteiger partial charge in [-0.25, -0.2) is 0 Å². The van der Waals surface area contributed by atoms with Gasteiger partial charge in [-0.3, -0.25) is 0 Å². The Kier molecular flexibility index (Phi) is 3.90. The lowest BCUT2D eigenvalue weighted by Gasteiger charge is -2.15. The number of fused-ring (bicyclic) bond motifs is 1. The van der Waals surface area contributed by atoms with Gasteiger partial charge in [-0.15, -0.1) is 0 Å². The average Bonchev–Trinajstić information content (AvgIpc) is 2.35. The number of benzene rings is 2. The molecule has 0 saturated carbocycles. The molecule has 2 aromatic rings. The summed E-state index contributed by atoms with van der Waals surface area (Å²) in [6.45, 7) is 0. The first kappa shape index (κ1) is 14.4. The molecule has 0 atom stereocenters. The normalized spacial score (nSPS) is 11.2. The lowest BCUT2D eigenvalue weighted by molar-refractivity contribution is 1.70. The Hall–Kier alpha value is 0.0400. The molecule has 0 aliphatic heterocycles. The predicted octanol–water partition coefficient (Wildman–Crippen LogP) is 5.92. The van der Waals surface area contributed by atoms with Crippen LogP contribution in [0.4, 0.5) is 11.4 Å². The third kappa shape index (κ3) is 1.87. The van der Waals surface area contributed by atoms with Crippen LogP contribution in [0.25, 0.3) is 10.8 Å². The maximum atomic E-state index is 6.10. The summed E-state index contributed by atoms with van der Waals surface area (Å²) in [7, 11) is 0. The first-order valence-electron chi connectivity index (χ1n) is 4.46. The number of hydrogen-bond donors (Lipinski definition) is 2. The summed E-state index contributed by atoms with van der Waals surface area (Å²) in [6, 6.07) is 0. The molecule has 0 bridgehead atoms. The van der Waals surface area contributed by atoms with Gasteiger partial charge in [0.2, 0.25) is 0 Å². The maximum Gasteiger partial charge on any atom is 0.0844 e. The second-order valence-corrected chi connectivity index (χ2v) is 5.73. The Labute approximate surface area is 133 Å². The maximum absolute atomic E-state index is 6.10. The van der Waals surface area contributed by atoms with Crippen molar-refractivity contribution >= 4 is 91.8 Å². The highest BCUT2D eigenvalue weighted by molar-refractivity contribution is 6.57. The average molecular weight is 365 g/mol. The fourth-order valence-corrected chi connectivity index (χ4v) is 3.16. The molecule has 0 fully saturated rings. The molecule has 0 heterocycles. The van der Waals surface area contributed by atoms with Crippen molar-refractivity contribution in [2.45, 2.75) is 0 Å². The Balaban J connectivity index is 3.22. The van der Waals surface area contributed by atoms with E-state index in [0.29, 0.717) is 10.8 Å². The van der Waals surface area contributed by atoms with Gasteiger partial charge in [-0.05, 0) is 0 Å². The topological polar surface area (TPSA) is 52.0 Å². The second-order valence-electron chi connectivity index (χ2n) is 3.46. The molecule has 0 saturated heterocycles. The summed E-state index contributed by atoms with van der Waals surface area (Å²) in [5, 5.41) is 1.32. The molecule has 0 aliphatic carbocycles. The summed E-state index contributed by atoms with van der Waals surface area (Å²) in [5.74, 6) is 0. The van der Waals surface area contributed by atoms with Crippen LogP contribution < -0.4 is 11.5 Å². The SMILES string of the molecule is Nc1c(Cl)c(Cl)c2c(Cl)c(Cl)c(Cl)c(N)c2c1Cl. The Morgan fingerprint density at radius 2 is 0.889 bits per heavy atom. The lowest BCUT2D eigenvalue weighted by atomic mass is 10.1. The first-order chi connectivity index (χ1) is 8.29. The van der Waals surface area contributed by atoms with Gasteiger partial charge in [0.15, 0.2) is 0 Å². The van der Waals surface area contributed by atoms with E-state index in [0.717, 1.165) is 0 Å². The molecule has 2 rings (SSSR count). The molecule has 96 valence electrons. The number of anilines is 2. The van der Waals surface area contributed by atoms with Crippen LogP contribution in [0.15, 0.2) is 0 Å². The number of nitrogens with two attached hydrogens (primary N) is 2. The van der Waals surface area contributed by atoms with Crippen molar-refractivity contribution in [1.29, 1.82) is 0 Å². The van der Waals surface area contributed by atoms with Crippen molar-refractivity contribution in [3.8, 4) is 0 Å². The van der Waals surface area contributed by atoms with E-state index in [-0.39, 0.29) is 41.5 Å². The van der Waals surface area contributed by atoms with Crippen LogP contribution in [0.2, 0.25) is 30.1 Å². The second kappa shape index (κ2) is 4.86. The molecule has 0 spiro atoms. The molecule has 0 radical (unpaired) electrons.